The molecule has 1 aromatic heterocycles. The van der Waals surface area contributed by atoms with Gasteiger partial charge in [0.25, 0.3) is 0 Å². The van der Waals surface area contributed by atoms with Gasteiger partial charge in [-0.05, 0) is 36.5 Å². The van der Waals surface area contributed by atoms with Crippen LogP contribution in [0.25, 0.3) is 11.0 Å². The van der Waals surface area contributed by atoms with E-state index in [9.17, 15) is 9.90 Å². The maximum Gasteiger partial charge on any atom is 0.323 e. The number of aromatic amines is 2. The lowest BCUT2D eigenvalue weighted by Crippen LogP contribution is -2.15. The summed E-state index contributed by atoms with van der Waals surface area (Å²) >= 11 is 3.53. The van der Waals surface area contributed by atoms with Gasteiger partial charge in [-0.3, -0.25) is 0 Å². The van der Waals surface area contributed by atoms with Crippen molar-refractivity contribution >= 4 is 27.0 Å². The molecule has 0 aliphatic heterocycles. The zero-order valence-corrected chi connectivity index (χ0v) is 13.6. The van der Waals surface area contributed by atoms with E-state index >= 15 is 0 Å². The van der Waals surface area contributed by atoms with Gasteiger partial charge >= 0.3 is 5.69 Å². The number of hydrogen-bond acceptors (Lipinski definition) is 2. The van der Waals surface area contributed by atoms with Crippen molar-refractivity contribution in [1.82, 2.24) is 9.97 Å². The van der Waals surface area contributed by atoms with Crippen molar-refractivity contribution in [2.24, 2.45) is 5.92 Å². The second kappa shape index (κ2) is 6.36. The van der Waals surface area contributed by atoms with Crippen LogP contribution in [-0.2, 0) is 0 Å². The summed E-state index contributed by atoms with van der Waals surface area (Å²) in [4.78, 5) is 16.9. The van der Waals surface area contributed by atoms with Crippen LogP contribution in [0.1, 0.15) is 56.6 Å². The maximum atomic E-state index is 11.4. The van der Waals surface area contributed by atoms with Crippen molar-refractivity contribution in [2.75, 3.05) is 0 Å². The first-order valence-electron chi connectivity index (χ1n) is 7.74. The Hall–Kier alpha value is -1.07. The van der Waals surface area contributed by atoms with E-state index in [0.717, 1.165) is 33.9 Å². The quantitative estimate of drug-likeness (QED) is 0.764. The third kappa shape index (κ3) is 3.24. The van der Waals surface area contributed by atoms with Crippen LogP contribution < -0.4 is 5.69 Å². The minimum Gasteiger partial charge on any atom is -0.388 e. The van der Waals surface area contributed by atoms with Crippen LogP contribution in [0.2, 0.25) is 0 Å². The van der Waals surface area contributed by atoms with Gasteiger partial charge in [-0.1, -0.05) is 48.0 Å². The number of aliphatic hydroxyl groups excluding tert-OH is 1. The van der Waals surface area contributed by atoms with Crippen LogP contribution in [0.4, 0.5) is 0 Å². The molecule has 1 aromatic carbocycles. The number of halogens is 1. The molecule has 1 saturated carbocycles. The Morgan fingerprint density at radius 2 is 1.62 bits per heavy atom. The van der Waals surface area contributed by atoms with E-state index in [1.807, 2.05) is 12.1 Å². The molecule has 0 saturated heterocycles. The summed E-state index contributed by atoms with van der Waals surface area (Å²) in [6, 6.07) is 3.76. The Bertz CT molecular complexity index is 668. The number of fused-ring (bicyclic) bond motifs is 1. The van der Waals surface area contributed by atoms with E-state index in [1.54, 1.807) is 0 Å². The standard InChI is InChI=1S/C16H21BrN2O2/c17-12-9-14-13(18-16(21)19-14)8-11(12)15(20)10-6-4-2-1-3-5-7-10/h8-10,15,20H,1-7H2,(H2,18,19,21). The summed E-state index contributed by atoms with van der Waals surface area (Å²) in [6.45, 7) is 0. The lowest BCUT2D eigenvalue weighted by molar-refractivity contribution is 0.0908. The third-order valence-electron chi connectivity index (χ3n) is 4.55. The van der Waals surface area contributed by atoms with Gasteiger partial charge in [0.2, 0.25) is 0 Å². The lowest BCUT2D eigenvalue weighted by Gasteiger charge is -2.26. The molecule has 0 radical (unpaired) electrons. The first kappa shape index (κ1) is 14.9. The zero-order valence-electron chi connectivity index (χ0n) is 12.0. The van der Waals surface area contributed by atoms with Gasteiger partial charge in [-0.15, -0.1) is 0 Å². The van der Waals surface area contributed by atoms with Crippen LogP contribution in [0.5, 0.6) is 0 Å². The number of hydrogen-bond donors (Lipinski definition) is 3. The largest absolute Gasteiger partial charge is 0.388 e. The fourth-order valence-corrected chi connectivity index (χ4v) is 3.93. The highest BCUT2D eigenvalue weighted by Crippen LogP contribution is 2.36. The second-order valence-corrected chi connectivity index (χ2v) is 6.90. The second-order valence-electron chi connectivity index (χ2n) is 6.05. The van der Waals surface area contributed by atoms with Gasteiger partial charge in [-0.25, -0.2) is 4.79 Å². The molecule has 1 aliphatic carbocycles. The van der Waals surface area contributed by atoms with Gasteiger partial charge < -0.3 is 15.1 Å². The average molecular weight is 353 g/mol. The van der Waals surface area contributed by atoms with Crippen molar-refractivity contribution in [3.63, 3.8) is 0 Å². The van der Waals surface area contributed by atoms with E-state index in [2.05, 4.69) is 25.9 Å². The zero-order chi connectivity index (χ0) is 14.8. The maximum absolute atomic E-state index is 11.4. The summed E-state index contributed by atoms with van der Waals surface area (Å²) < 4.78 is 0.861. The van der Waals surface area contributed by atoms with Crippen LogP contribution in [0.15, 0.2) is 21.4 Å². The molecule has 3 N–H and O–H groups in total. The van der Waals surface area contributed by atoms with Crippen molar-refractivity contribution in [3.8, 4) is 0 Å². The summed E-state index contributed by atoms with van der Waals surface area (Å²) in [5, 5.41) is 10.8. The molecule has 4 nitrogen and oxygen atoms in total. The molecule has 21 heavy (non-hydrogen) atoms. The molecule has 1 fully saturated rings. The highest BCUT2D eigenvalue weighted by molar-refractivity contribution is 9.10. The van der Waals surface area contributed by atoms with Crippen LogP contribution in [0.3, 0.4) is 0 Å². The number of imidazole rings is 1. The molecule has 114 valence electrons. The summed E-state index contributed by atoms with van der Waals surface area (Å²) in [6.07, 6.45) is 7.95. The lowest BCUT2D eigenvalue weighted by atomic mass is 9.84. The number of rotatable bonds is 2. The van der Waals surface area contributed by atoms with Gasteiger partial charge in [0.15, 0.2) is 0 Å². The number of aliphatic hydroxyl groups is 1. The summed E-state index contributed by atoms with van der Waals surface area (Å²) in [7, 11) is 0. The predicted octanol–water partition coefficient (Wildman–Crippen LogP) is 4.01. The highest BCUT2D eigenvalue weighted by Gasteiger charge is 2.24. The molecule has 0 spiro atoms. The van der Waals surface area contributed by atoms with E-state index in [4.69, 9.17) is 0 Å². The van der Waals surface area contributed by atoms with Crippen molar-refractivity contribution in [2.45, 2.75) is 51.0 Å². The Morgan fingerprint density at radius 1 is 1.05 bits per heavy atom. The Balaban J connectivity index is 1.90. The SMILES string of the molecule is O=c1[nH]c2cc(Br)c(C(O)C3CCCCCCC3)cc2[nH]1. The molecular formula is C16H21BrN2O2. The minimum absolute atomic E-state index is 0.213. The van der Waals surface area contributed by atoms with Crippen molar-refractivity contribution < 1.29 is 5.11 Å². The van der Waals surface area contributed by atoms with Gasteiger partial charge in [-0.2, -0.15) is 0 Å². The normalized spacial score (nSPS) is 19.3. The van der Waals surface area contributed by atoms with E-state index in [0.29, 0.717) is 5.92 Å². The molecule has 1 heterocycles. The van der Waals surface area contributed by atoms with Gasteiger partial charge in [0.1, 0.15) is 0 Å². The molecule has 1 unspecified atom stereocenters. The topological polar surface area (TPSA) is 68.9 Å². The predicted molar refractivity (Wildman–Crippen MR) is 87.4 cm³/mol. The third-order valence-corrected chi connectivity index (χ3v) is 5.23. The van der Waals surface area contributed by atoms with Crippen LogP contribution >= 0.6 is 15.9 Å². The minimum atomic E-state index is -0.472. The summed E-state index contributed by atoms with van der Waals surface area (Å²) in [5.41, 5.74) is 2.18. The van der Waals surface area contributed by atoms with Crippen LogP contribution in [0, 0.1) is 5.92 Å². The Morgan fingerprint density at radius 3 is 2.29 bits per heavy atom. The average Bonchev–Trinajstić information content (AvgIpc) is 2.76. The van der Waals surface area contributed by atoms with E-state index in [1.165, 1.54) is 32.1 Å². The first-order valence-corrected chi connectivity index (χ1v) is 8.54. The first-order chi connectivity index (χ1) is 10.1. The number of aromatic nitrogens is 2. The molecule has 0 amide bonds. The molecular weight excluding hydrogens is 332 g/mol. The van der Waals surface area contributed by atoms with Crippen LogP contribution in [-0.4, -0.2) is 15.1 Å². The Kier molecular flexibility index (Phi) is 4.50. The van der Waals surface area contributed by atoms with E-state index in [-0.39, 0.29) is 5.69 Å². The number of H-pyrrole nitrogens is 2. The molecule has 3 rings (SSSR count). The van der Waals surface area contributed by atoms with Crippen molar-refractivity contribution in [1.29, 1.82) is 0 Å². The molecule has 1 aliphatic rings. The molecule has 0 bridgehead atoms. The summed E-state index contributed by atoms with van der Waals surface area (Å²) in [5.74, 6) is 0.310. The molecule has 5 heteroatoms. The number of nitrogens with one attached hydrogen (secondary N) is 2. The highest BCUT2D eigenvalue weighted by atomic mass is 79.9. The van der Waals surface area contributed by atoms with Crippen molar-refractivity contribution in [3.05, 3.63) is 32.7 Å². The molecule has 1 atom stereocenters. The van der Waals surface area contributed by atoms with Gasteiger partial charge in [0, 0.05) is 4.47 Å². The van der Waals surface area contributed by atoms with E-state index < -0.39 is 6.10 Å². The molecule has 2 aromatic rings. The number of benzene rings is 1. The monoisotopic (exact) mass is 352 g/mol. The Labute approximate surface area is 132 Å². The smallest absolute Gasteiger partial charge is 0.323 e. The fraction of sp³-hybridized carbons (Fsp3) is 0.562. The fourth-order valence-electron chi connectivity index (χ4n) is 3.36. The van der Waals surface area contributed by atoms with Gasteiger partial charge in [0.05, 0.1) is 17.1 Å².